The molecule has 4 nitrogen and oxygen atoms in total. The van der Waals surface area contributed by atoms with Crippen molar-refractivity contribution >= 4 is 21.9 Å². The van der Waals surface area contributed by atoms with Gasteiger partial charge in [0.25, 0.3) is 0 Å². The number of methoxy groups -OCH3 is 1. The topological polar surface area (TPSA) is 39.1 Å². The van der Waals surface area contributed by atoms with Crippen LogP contribution < -0.4 is 5.32 Å². The van der Waals surface area contributed by atoms with Gasteiger partial charge in [0.1, 0.15) is 0 Å². The van der Waals surface area contributed by atoms with Gasteiger partial charge in [-0.05, 0) is 38.0 Å². The highest BCUT2D eigenvalue weighted by Gasteiger charge is 2.13. The summed E-state index contributed by atoms with van der Waals surface area (Å²) in [6, 6.07) is 8.62. The molecule has 0 aliphatic heterocycles. The molecule has 1 N–H and O–H groups in total. The molecule has 2 rings (SSSR count). The van der Waals surface area contributed by atoms with Gasteiger partial charge in [0.15, 0.2) is 0 Å². The molecular formula is C16H22BrN3O. The maximum atomic E-state index is 5.07. The maximum Gasteiger partial charge on any atom is 0.203 e. The van der Waals surface area contributed by atoms with Gasteiger partial charge < -0.3 is 14.6 Å². The van der Waals surface area contributed by atoms with Gasteiger partial charge in [0.05, 0.1) is 11.7 Å². The molecule has 0 aliphatic rings. The number of halogens is 1. The monoisotopic (exact) mass is 351 g/mol. The molecule has 21 heavy (non-hydrogen) atoms. The number of hydrogen-bond donors (Lipinski definition) is 1. The van der Waals surface area contributed by atoms with E-state index in [1.165, 1.54) is 5.56 Å². The van der Waals surface area contributed by atoms with Gasteiger partial charge in [0, 0.05) is 30.9 Å². The van der Waals surface area contributed by atoms with Crippen LogP contribution in [0, 0.1) is 6.92 Å². The molecule has 114 valence electrons. The van der Waals surface area contributed by atoms with E-state index in [1.807, 2.05) is 13.0 Å². The van der Waals surface area contributed by atoms with Crippen molar-refractivity contribution in [1.29, 1.82) is 0 Å². The molecule has 5 heteroatoms. The molecule has 1 atom stereocenters. The van der Waals surface area contributed by atoms with Crippen LogP contribution in [0.3, 0.4) is 0 Å². The Bertz CT molecular complexity index is 583. The van der Waals surface area contributed by atoms with Gasteiger partial charge in [-0.2, -0.15) is 0 Å². The zero-order chi connectivity index (χ0) is 15.2. The van der Waals surface area contributed by atoms with Crippen LogP contribution in [0.5, 0.6) is 0 Å². The van der Waals surface area contributed by atoms with Crippen LogP contribution in [0.4, 0.5) is 5.95 Å². The minimum absolute atomic E-state index is 0.230. The predicted octanol–water partition coefficient (Wildman–Crippen LogP) is 4.01. The molecular weight excluding hydrogens is 330 g/mol. The number of aryl methyl sites for hydroxylation is 1. The van der Waals surface area contributed by atoms with E-state index in [-0.39, 0.29) is 6.04 Å². The Morgan fingerprint density at radius 3 is 2.95 bits per heavy atom. The third-order valence-electron chi connectivity index (χ3n) is 3.41. The van der Waals surface area contributed by atoms with E-state index in [2.05, 4.69) is 62.1 Å². The molecule has 0 saturated carbocycles. The van der Waals surface area contributed by atoms with Gasteiger partial charge in [-0.15, -0.1) is 0 Å². The van der Waals surface area contributed by atoms with Crippen molar-refractivity contribution in [3.8, 4) is 0 Å². The van der Waals surface area contributed by atoms with Crippen molar-refractivity contribution in [2.75, 3.05) is 25.6 Å². The molecule has 0 amide bonds. The van der Waals surface area contributed by atoms with Crippen LogP contribution in [0.1, 0.15) is 30.6 Å². The Kier molecular flexibility index (Phi) is 5.82. The summed E-state index contributed by atoms with van der Waals surface area (Å²) in [4.78, 5) is 4.58. The first-order chi connectivity index (χ1) is 10.1. The second-order valence-corrected chi connectivity index (χ2v) is 6.03. The number of imidazole rings is 1. The molecule has 0 aliphatic carbocycles. The first kappa shape index (κ1) is 16.0. The molecule has 0 radical (unpaired) electrons. The smallest absolute Gasteiger partial charge is 0.203 e. The van der Waals surface area contributed by atoms with Gasteiger partial charge >= 0.3 is 0 Å². The van der Waals surface area contributed by atoms with Crippen molar-refractivity contribution in [3.05, 3.63) is 46.2 Å². The number of benzene rings is 1. The zero-order valence-electron chi connectivity index (χ0n) is 12.8. The Labute approximate surface area is 134 Å². The summed E-state index contributed by atoms with van der Waals surface area (Å²) in [6.45, 7) is 5.82. The normalized spacial score (nSPS) is 12.4. The van der Waals surface area contributed by atoms with Gasteiger partial charge in [-0.3, -0.25) is 0 Å². The molecule has 1 unspecified atom stereocenters. The fraction of sp³-hybridized carbons (Fsp3) is 0.438. The van der Waals surface area contributed by atoms with Gasteiger partial charge in [-0.1, -0.05) is 28.1 Å². The highest BCUT2D eigenvalue weighted by molar-refractivity contribution is 9.10. The molecule has 0 fully saturated rings. The van der Waals surface area contributed by atoms with Crippen molar-refractivity contribution in [3.63, 3.8) is 0 Å². The Morgan fingerprint density at radius 2 is 2.24 bits per heavy atom. The molecule has 2 aromatic rings. The minimum Gasteiger partial charge on any atom is -0.385 e. The fourth-order valence-corrected chi connectivity index (χ4v) is 2.70. The van der Waals surface area contributed by atoms with E-state index in [9.17, 15) is 0 Å². The van der Waals surface area contributed by atoms with E-state index < -0.39 is 0 Å². The lowest BCUT2D eigenvalue weighted by molar-refractivity contribution is 0.197. The summed E-state index contributed by atoms with van der Waals surface area (Å²) in [7, 11) is 1.72. The molecule has 0 bridgehead atoms. The fourth-order valence-electron chi connectivity index (χ4n) is 2.29. The van der Waals surface area contributed by atoms with Crippen LogP contribution in [-0.2, 0) is 4.74 Å². The second-order valence-electron chi connectivity index (χ2n) is 5.12. The minimum atomic E-state index is 0.230. The van der Waals surface area contributed by atoms with Gasteiger partial charge in [0.2, 0.25) is 5.95 Å². The molecule has 0 saturated heterocycles. The Morgan fingerprint density at radius 1 is 1.43 bits per heavy atom. The number of ether oxygens (including phenoxy) is 1. The Hall–Kier alpha value is -1.33. The molecule has 1 heterocycles. The second kappa shape index (κ2) is 7.61. The first-order valence-electron chi connectivity index (χ1n) is 7.15. The Balaban J connectivity index is 2.14. The third-order valence-corrected chi connectivity index (χ3v) is 3.90. The van der Waals surface area contributed by atoms with Crippen molar-refractivity contribution < 1.29 is 4.74 Å². The lowest BCUT2D eigenvalue weighted by Crippen LogP contribution is -2.13. The quantitative estimate of drug-likeness (QED) is 0.766. The SMILES string of the molecule is COCCCNc1nc(C)cn1C(C)c1cccc(Br)c1. The number of hydrogen-bond acceptors (Lipinski definition) is 3. The molecule has 1 aromatic heterocycles. The van der Waals surface area contributed by atoms with Crippen LogP contribution in [0.25, 0.3) is 0 Å². The van der Waals surface area contributed by atoms with Gasteiger partial charge in [-0.25, -0.2) is 4.98 Å². The molecule has 1 aromatic carbocycles. The van der Waals surface area contributed by atoms with E-state index in [4.69, 9.17) is 4.74 Å². The summed E-state index contributed by atoms with van der Waals surface area (Å²) in [5.41, 5.74) is 2.27. The highest BCUT2D eigenvalue weighted by atomic mass is 79.9. The van der Waals surface area contributed by atoms with E-state index >= 15 is 0 Å². The summed E-state index contributed by atoms with van der Waals surface area (Å²) < 4.78 is 8.35. The summed E-state index contributed by atoms with van der Waals surface area (Å²) >= 11 is 3.53. The van der Waals surface area contributed by atoms with Crippen molar-refractivity contribution in [2.24, 2.45) is 0 Å². The van der Waals surface area contributed by atoms with Crippen molar-refractivity contribution in [2.45, 2.75) is 26.3 Å². The number of nitrogens with one attached hydrogen (secondary N) is 1. The van der Waals surface area contributed by atoms with Crippen LogP contribution in [-0.4, -0.2) is 29.8 Å². The zero-order valence-corrected chi connectivity index (χ0v) is 14.4. The van der Waals surface area contributed by atoms with Crippen molar-refractivity contribution in [1.82, 2.24) is 9.55 Å². The van der Waals surface area contributed by atoms with E-state index in [0.29, 0.717) is 0 Å². The average molecular weight is 352 g/mol. The van der Waals surface area contributed by atoms with Crippen LogP contribution in [0.15, 0.2) is 34.9 Å². The number of nitrogens with zero attached hydrogens (tertiary/aromatic N) is 2. The lowest BCUT2D eigenvalue weighted by atomic mass is 10.1. The van der Waals surface area contributed by atoms with E-state index in [1.54, 1.807) is 7.11 Å². The predicted molar refractivity (Wildman–Crippen MR) is 89.9 cm³/mol. The maximum absolute atomic E-state index is 5.07. The first-order valence-corrected chi connectivity index (χ1v) is 7.95. The largest absolute Gasteiger partial charge is 0.385 e. The average Bonchev–Trinajstić information content (AvgIpc) is 2.84. The number of anilines is 1. The lowest BCUT2D eigenvalue weighted by Gasteiger charge is -2.17. The standard InChI is InChI=1S/C16H22BrN3O/c1-12-11-20(16(19-12)18-8-5-9-21-3)13(2)14-6-4-7-15(17)10-14/h4,6-7,10-11,13H,5,8-9H2,1-3H3,(H,18,19). The van der Waals surface area contributed by atoms with Crippen LogP contribution in [0.2, 0.25) is 0 Å². The third kappa shape index (κ3) is 4.32. The highest BCUT2D eigenvalue weighted by Crippen LogP contribution is 2.25. The van der Waals surface area contributed by atoms with E-state index in [0.717, 1.165) is 35.7 Å². The van der Waals surface area contributed by atoms with Crippen LogP contribution >= 0.6 is 15.9 Å². The summed E-state index contributed by atoms with van der Waals surface area (Å²) in [5, 5.41) is 3.39. The number of aromatic nitrogens is 2. The summed E-state index contributed by atoms with van der Waals surface area (Å²) in [6.07, 6.45) is 3.05. The summed E-state index contributed by atoms with van der Waals surface area (Å²) in [5.74, 6) is 0.913. The number of rotatable bonds is 7. The molecule has 0 spiro atoms.